The lowest BCUT2D eigenvalue weighted by Crippen LogP contribution is -2.26. The highest BCUT2D eigenvalue weighted by Crippen LogP contribution is 2.08. The molecule has 0 saturated carbocycles. The van der Waals surface area contributed by atoms with Crippen LogP contribution in [0.2, 0.25) is 0 Å². The van der Waals surface area contributed by atoms with Crippen LogP contribution in [-0.4, -0.2) is 39.6 Å². The summed E-state index contributed by atoms with van der Waals surface area (Å²) < 4.78 is 0. The third kappa shape index (κ3) is 3.43. The van der Waals surface area contributed by atoms with E-state index in [9.17, 15) is 4.79 Å². The van der Waals surface area contributed by atoms with E-state index in [-0.39, 0.29) is 5.91 Å². The quantitative estimate of drug-likeness (QED) is 0.789. The number of hydrogen-bond donors (Lipinski definition) is 2. The molecule has 2 aromatic rings. The number of H-pyrrole nitrogens is 1. The highest BCUT2D eigenvalue weighted by atomic mass is 16.2. The lowest BCUT2D eigenvalue weighted by atomic mass is 10.1. The molecule has 0 saturated heterocycles. The van der Waals surface area contributed by atoms with E-state index in [1.54, 1.807) is 30.1 Å². The Hall–Kier alpha value is -2.65. The van der Waals surface area contributed by atoms with Gasteiger partial charge in [0.1, 0.15) is 12.2 Å². The zero-order chi connectivity index (χ0) is 14.4. The zero-order valence-corrected chi connectivity index (χ0v) is 11.1. The first-order valence-corrected chi connectivity index (χ1v) is 6.09. The molecule has 1 amide bonds. The number of carbonyl (C=O) groups is 1. The Morgan fingerprint density at radius 2 is 2.35 bits per heavy atom. The number of carbonyl (C=O) groups excluding carboxylic acids is 1. The summed E-state index contributed by atoms with van der Waals surface area (Å²) in [6.45, 7) is 0.668. The molecule has 0 bridgehead atoms. The van der Waals surface area contributed by atoms with Gasteiger partial charge in [-0.3, -0.25) is 9.89 Å². The van der Waals surface area contributed by atoms with Crippen molar-refractivity contribution >= 4 is 5.91 Å². The van der Waals surface area contributed by atoms with Crippen LogP contribution in [0.4, 0.5) is 0 Å². The third-order valence-electron chi connectivity index (χ3n) is 2.64. The van der Waals surface area contributed by atoms with Crippen molar-refractivity contribution < 1.29 is 4.79 Å². The number of aromatic nitrogens is 3. The summed E-state index contributed by atoms with van der Waals surface area (Å²) in [5.41, 5.74) is 6.69. The van der Waals surface area contributed by atoms with Crippen molar-refractivity contribution in [1.82, 2.24) is 20.1 Å². The number of amides is 1. The summed E-state index contributed by atoms with van der Waals surface area (Å²) in [6.07, 6.45) is 1.41. The lowest BCUT2D eigenvalue weighted by molar-refractivity contribution is 0.0781. The van der Waals surface area contributed by atoms with Gasteiger partial charge < -0.3 is 10.6 Å². The first-order chi connectivity index (χ1) is 9.70. The van der Waals surface area contributed by atoms with Crippen LogP contribution in [0.25, 0.3) is 0 Å². The summed E-state index contributed by atoms with van der Waals surface area (Å²) in [5, 5.41) is 6.47. The van der Waals surface area contributed by atoms with Crippen LogP contribution in [0.15, 0.2) is 30.6 Å². The summed E-state index contributed by atoms with van der Waals surface area (Å²) in [4.78, 5) is 17.8. The molecule has 6 nitrogen and oxygen atoms in total. The van der Waals surface area contributed by atoms with Crippen molar-refractivity contribution in [3.63, 3.8) is 0 Å². The highest BCUT2D eigenvalue weighted by molar-refractivity contribution is 5.94. The molecule has 0 atom stereocenters. The smallest absolute Gasteiger partial charge is 0.254 e. The van der Waals surface area contributed by atoms with E-state index in [0.29, 0.717) is 24.5 Å². The minimum atomic E-state index is -0.0993. The van der Waals surface area contributed by atoms with Crippen LogP contribution in [0.5, 0.6) is 0 Å². The number of rotatable bonds is 3. The Labute approximate surface area is 117 Å². The topological polar surface area (TPSA) is 87.9 Å². The minimum absolute atomic E-state index is 0.0993. The van der Waals surface area contributed by atoms with Crippen molar-refractivity contribution in [2.24, 2.45) is 5.73 Å². The van der Waals surface area contributed by atoms with Gasteiger partial charge in [0.2, 0.25) is 0 Å². The van der Waals surface area contributed by atoms with E-state index >= 15 is 0 Å². The van der Waals surface area contributed by atoms with Crippen LogP contribution < -0.4 is 5.73 Å². The fourth-order valence-electron chi connectivity index (χ4n) is 1.71. The predicted molar refractivity (Wildman–Crippen MR) is 74.6 cm³/mol. The Morgan fingerprint density at radius 3 is 3.05 bits per heavy atom. The van der Waals surface area contributed by atoms with E-state index < -0.39 is 0 Å². The third-order valence-corrected chi connectivity index (χ3v) is 2.64. The molecule has 0 radical (unpaired) electrons. The second kappa shape index (κ2) is 6.50. The van der Waals surface area contributed by atoms with Gasteiger partial charge in [-0.05, 0) is 18.2 Å². The van der Waals surface area contributed by atoms with Crippen molar-refractivity contribution in [3.05, 3.63) is 47.5 Å². The summed E-state index contributed by atoms with van der Waals surface area (Å²) in [6, 6.07) is 7.15. The molecule has 0 fully saturated rings. The van der Waals surface area contributed by atoms with E-state index in [2.05, 4.69) is 27.0 Å². The van der Waals surface area contributed by atoms with Crippen molar-refractivity contribution in [2.45, 2.75) is 6.54 Å². The van der Waals surface area contributed by atoms with Gasteiger partial charge in [0.25, 0.3) is 5.91 Å². The van der Waals surface area contributed by atoms with Crippen molar-refractivity contribution in [1.29, 1.82) is 0 Å². The van der Waals surface area contributed by atoms with Crippen LogP contribution in [0, 0.1) is 11.8 Å². The second-order valence-corrected chi connectivity index (χ2v) is 4.18. The molecular formula is C14H15N5O. The summed E-state index contributed by atoms with van der Waals surface area (Å²) in [7, 11) is 1.71. The van der Waals surface area contributed by atoms with Gasteiger partial charge in [-0.2, -0.15) is 5.10 Å². The molecule has 102 valence electrons. The first kappa shape index (κ1) is 13.8. The first-order valence-electron chi connectivity index (χ1n) is 6.09. The normalized spacial score (nSPS) is 9.70. The van der Waals surface area contributed by atoms with E-state index in [1.165, 1.54) is 6.33 Å². The molecule has 6 heteroatoms. The van der Waals surface area contributed by atoms with Crippen molar-refractivity contribution in [3.8, 4) is 11.8 Å². The predicted octanol–water partition coefficient (Wildman–Crippen LogP) is 0.387. The maximum absolute atomic E-state index is 12.3. The van der Waals surface area contributed by atoms with Crippen LogP contribution in [-0.2, 0) is 6.54 Å². The van der Waals surface area contributed by atoms with Gasteiger partial charge in [-0.1, -0.05) is 17.9 Å². The number of nitrogens with two attached hydrogens (primary N) is 1. The fourth-order valence-corrected chi connectivity index (χ4v) is 1.71. The fraction of sp³-hybridized carbons (Fsp3) is 0.214. The number of nitrogens with zero attached hydrogens (tertiary/aromatic N) is 3. The molecule has 20 heavy (non-hydrogen) atoms. The highest BCUT2D eigenvalue weighted by Gasteiger charge is 2.13. The lowest BCUT2D eigenvalue weighted by Gasteiger charge is -2.15. The standard InChI is InChI=1S/C14H15N5O/c1-19(9-13-16-10-17-18-13)14(20)12-6-2-4-11(8-12)5-3-7-15/h2,4,6,8,10H,7,9,15H2,1H3,(H,16,17,18). The SMILES string of the molecule is CN(Cc1ncn[nH]1)C(=O)c1cccc(C#CCN)c1. The molecule has 1 aromatic carbocycles. The van der Waals surface area contributed by atoms with Gasteiger partial charge in [0.05, 0.1) is 13.1 Å². The number of hydrogen-bond acceptors (Lipinski definition) is 4. The average Bonchev–Trinajstić information content (AvgIpc) is 2.97. The summed E-state index contributed by atoms with van der Waals surface area (Å²) >= 11 is 0. The van der Waals surface area contributed by atoms with E-state index in [1.807, 2.05) is 6.07 Å². The summed E-state index contributed by atoms with van der Waals surface area (Å²) in [5.74, 6) is 6.22. The molecule has 0 unspecified atom stereocenters. The van der Waals surface area contributed by atoms with E-state index in [4.69, 9.17) is 5.73 Å². The van der Waals surface area contributed by atoms with Gasteiger partial charge in [0.15, 0.2) is 0 Å². The number of aromatic amines is 1. The molecule has 2 rings (SSSR count). The van der Waals surface area contributed by atoms with Crippen molar-refractivity contribution in [2.75, 3.05) is 13.6 Å². The Kier molecular flexibility index (Phi) is 4.47. The van der Waals surface area contributed by atoms with E-state index in [0.717, 1.165) is 5.56 Å². The largest absolute Gasteiger partial charge is 0.334 e. The molecule has 0 spiro atoms. The number of benzene rings is 1. The minimum Gasteiger partial charge on any atom is -0.334 e. The van der Waals surface area contributed by atoms with Crippen LogP contribution in [0.3, 0.4) is 0 Å². The Bertz CT molecular complexity index is 639. The molecule has 3 N–H and O–H groups in total. The Balaban J connectivity index is 2.12. The maximum atomic E-state index is 12.3. The molecular weight excluding hydrogens is 254 g/mol. The van der Waals surface area contributed by atoms with Gasteiger partial charge in [0, 0.05) is 18.2 Å². The molecule has 0 aliphatic heterocycles. The van der Waals surface area contributed by atoms with Gasteiger partial charge in [-0.15, -0.1) is 0 Å². The molecule has 1 heterocycles. The van der Waals surface area contributed by atoms with Gasteiger partial charge in [-0.25, -0.2) is 4.98 Å². The maximum Gasteiger partial charge on any atom is 0.254 e. The van der Waals surface area contributed by atoms with Crippen LogP contribution in [0.1, 0.15) is 21.7 Å². The van der Waals surface area contributed by atoms with Crippen LogP contribution >= 0.6 is 0 Å². The number of nitrogens with one attached hydrogen (secondary N) is 1. The van der Waals surface area contributed by atoms with Gasteiger partial charge >= 0.3 is 0 Å². The molecule has 1 aromatic heterocycles. The molecule has 0 aliphatic rings. The zero-order valence-electron chi connectivity index (χ0n) is 11.1. The average molecular weight is 269 g/mol. The monoisotopic (exact) mass is 269 g/mol. The second-order valence-electron chi connectivity index (χ2n) is 4.18. The Morgan fingerprint density at radius 1 is 1.50 bits per heavy atom. The molecule has 0 aliphatic carbocycles.